The van der Waals surface area contributed by atoms with Crippen LogP contribution in [-0.4, -0.2) is 31.1 Å². The molecule has 0 heterocycles. The van der Waals surface area contributed by atoms with Gasteiger partial charge in [0.15, 0.2) is 0 Å². The summed E-state index contributed by atoms with van der Waals surface area (Å²) < 4.78 is 12.9. The molecule has 0 bridgehead atoms. The summed E-state index contributed by atoms with van der Waals surface area (Å²) in [5, 5.41) is 16.1. The van der Waals surface area contributed by atoms with Crippen molar-refractivity contribution in [3.05, 3.63) is 29.6 Å². The van der Waals surface area contributed by atoms with Crippen LogP contribution in [0.5, 0.6) is 0 Å². The van der Waals surface area contributed by atoms with Crippen molar-refractivity contribution in [1.82, 2.24) is 0 Å². The SMILES string of the molecule is CN(CCO)c1ccc(F)cc1C(=N)N. The fraction of sp³-hybridized carbons (Fsp3) is 0.300. The van der Waals surface area contributed by atoms with E-state index in [2.05, 4.69) is 0 Å². The van der Waals surface area contributed by atoms with Crippen LogP contribution < -0.4 is 10.6 Å². The van der Waals surface area contributed by atoms with Crippen molar-refractivity contribution >= 4 is 11.5 Å². The van der Waals surface area contributed by atoms with Crippen molar-refractivity contribution in [1.29, 1.82) is 5.41 Å². The van der Waals surface area contributed by atoms with E-state index < -0.39 is 5.82 Å². The molecule has 15 heavy (non-hydrogen) atoms. The fourth-order valence-electron chi connectivity index (χ4n) is 1.33. The van der Waals surface area contributed by atoms with E-state index in [1.165, 1.54) is 12.1 Å². The number of likely N-dealkylation sites (N-methyl/N-ethyl adjacent to an activating group) is 1. The van der Waals surface area contributed by atoms with Gasteiger partial charge in [-0.05, 0) is 18.2 Å². The van der Waals surface area contributed by atoms with Crippen LogP contribution in [-0.2, 0) is 0 Å². The Morgan fingerprint density at radius 2 is 2.27 bits per heavy atom. The van der Waals surface area contributed by atoms with E-state index in [9.17, 15) is 4.39 Å². The number of hydrogen-bond acceptors (Lipinski definition) is 3. The monoisotopic (exact) mass is 211 g/mol. The highest BCUT2D eigenvalue weighted by Crippen LogP contribution is 2.19. The van der Waals surface area contributed by atoms with Crippen LogP contribution >= 0.6 is 0 Å². The second-order valence-corrected chi connectivity index (χ2v) is 3.22. The first-order valence-corrected chi connectivity index (χ1v) is 4.52. The number of benzene rings is 1. The van der Waals surface area contributed by atoms with Gasteiger partial charge < -0.3 is 15.7 Å². The van der Waals surface area contributed by atoms with E-state index in [4.69, 9.17) is 16.2 Å². The maximum absolute atomic E-state index is 12.9. The number of nitrogens with one attached hydrogen (secondary N) is 1. The van der Waals surface area contributed by atoms with Crippen LogP contribution in [0, 0.1) is 11.2 Å². The lowest BCUT2D eigenvalue weighted by atomic mass is 10.1. The quantitative estimate of drug-likeness (QED) is 0.502. The molecule has 0 amide bonds. The first kappa shape index (κ1) is 11.5. The average molecular weight is 211 g/mol. The van der Waals surface area contributed by atoms with Crippen molar-refractivity contribution in [3.63, 3.8) is 0 Å². The lowest BCUT2D eigenvalue weighted by molar-refractivity contribution is 0.304. The third kappa shape index (κ3) is 2.66. The summed E-state index contributed by atoms with van der Waals surface area (Å²) >= 11 is 0. The van der Waals surface area contributed by atoms with Crippen molar-refractivity contribution in [2.24, 2.45) is 5.73 Å². The van der Waals surface area contributed by atoms with Crippen LogP contribution in [0.25, 0.3) is 0 Å². The predicted molar refractivity (Wildman–Crippen MR) is 57.8 cm³/mol. The molecule has 0 aliphatic carbocycles. The number of hydrogen-bond donors (Lipinski definition) is 3. The standard InChI is InChI=1S/C10H14FN3O/c1-14(4-5-15)9-3-2-7(11)6-8(9)10(12)13/h2-3,6,15H,4-5H2,1H3,(H3,12,13). The topological polar surface area (TPSA) is 73.3 Å². The predicted octanol–water partition coefficient (Wildman–Crippen LogP) is 0.538. The van der Waals surface area contributed by atoms with Gasteiger partial charge >= 0.3 is 0 Å². The summed E-state index contributed by atoms with van der Waals surface area (Å²) in [6.07, 6.45) is 0. The molecule has 0 atom stereocenters. The Bertz CT molecular complexity index is 368. The zero-order valence-corrected chi connectivity index (χ0v) is 8.50. The molecule has 5 heteroatoms. The number of nitrogens with two attached hydrogens (primary N) is 1. The Hall–Kier alpha value is -1.62. The first-order chi connectivity index (χ1) is 7.06. The van der Waals surface area contributed by atoms with Crippen LogP contribution in [0.2, 0.25) is 0 Å². The van der Waals surface area contributed by atoms with Gasteiger partial charge in [0.25, 0.3) is 0 Å². The number of amidine groups is 1. The second kappa shape index (κ2) is 4.75. The van der Waals surface area contributed by atoms with Gasteiger partial charge in [0.1, 0.15) is 11.7 Å². The van der Waals surface area contributed by atoms with Crippen LogP contribution in [0.3, 0.4) is 0 Å². The molecule has 4 nitrogen and oxygen atoms in total. The van der Waals surface area contributed by atoms with Gasteiger partial charge in [-0.15, -0.1) is 0 Å². The van der Waals surface area contributed by atoms with Crippen molar-refractivity contribution in [2.75, 3.05) is 25.1 Å². The van der Waals surface area contributed by atoms with Crippen LogP contribution in [0.4, 0.5) is 10.1 Å². The summed E-state index contributed by atoms with van der Waals surface area (Å²) in [4.78, 5) is 1.72. The summed E-state index contributed by atoms with van der Waals surface area (Å²) in [7, 11) is 1.75. The van der Waals surface area contributed by atoms with Gasteiger partial charge in [-0.2, -0.15) is 0 Å². The van der Waals surface area contributed by atoms with Gasteiger partial charge in [-0.1, -0.05) is 0 Å². The Labute approximate surface area is 87.6 Å². The Kier molecular flexibility index (Phi) is 3.62. The highest BCUT2D eigenvalue weighted by atomic mass is 19.1. The van der Waals surface area contributed by atoms with Gasteiger partial charge in [0.2, 0.25) is 0 Å². The highest BCUT2D eigenvalue weighted by molar-refractivity contribution is 6.00. The van der Waals surface area contributed by atoms with Gasteiger partial charge in [0.05, 0.1) is 6.61 Å². The molecule has 0 saturated carbocycles. The fourth-order valence-corrected chi connectivity index (χ4v) is 1.33. The molecule has 1 aromatic rings. The molecular weight excluding hydrogens is 197 g/mol. The molecule has 0 aliphatic heterocycles. The van der Waals surface area contributed by atoms with Crippen molar-refractivity contribution < 1.29 is 9.50 Å². The van der Waals surface area contributed by atoms with E-state index in [0.29, 0.717) is 17.8 Å². The first-order valence-electron chi connectivity index (χ1n) is 4.52. The lowest BCUT2D eigenvalue weighted by Crippen LogP contribution is -2.25. The Morgan fingerprint density at radius 3 is 2.80 bits per heavy atom. The van der Waals surface area contributed by atoms with Gasteiger partial charge in [-0.25, -0.2) is 4.39 Å². The summed E-state index contributed by atoms with van der Waals surface area (Å²) in [6.45, 7) is 0.400. The smallest absolute Gasteiger partial charge is 0.125 e. The largest absolute Gasteiger partial charge is 0.395 e. The molecule has 0 fully saturated rings. The normalized spacial score (nSPS) is 10.1. The van der Waals surface area contributed by atoms with E-state index in [1.54, 1.807) is 18.0 Å². The van der Waals surface area contributed by atoms with E-state index in [1.807, 2.05) is 0 Å². The van der Waals surface area contributed by atoms with Crippen molar-refractivity contribution in [3.8, 4) is 0 Å². The third-order valence-corrected chi connectivity index (χ3v) is 2.10. The number of nitrogen functional groups attached to an aromatic ring is 1. The molecular formula is C10H14FN3O. The minimum atomic E-state index is -0.429. The molecule has 0 unspecified atom stereocenters. The molecule has 0 aromatic heterocycles. The van der Waals surface area contributed by atoms with Crippen LogP contribution in [0.1, 0.15) is 5.56 Å². The number of rotatable bonds is 4. The number of aliphatic hydroxyl groups is 1. The van der Waals surface area contributed by atoms with E-state index >= 15 is 0 Å². The molecule has 1 aromatic carbocycles. The number of aliphatic hydroxyl groups excluding tert-OH is 1. The highest BCUT2D eigenvalue weighted by Gasteiger charge is 2.10. The van der Waals surface area contributed by atoms with Crippen LogP contribution in [0.15, 0.2) is 18.2 Å². The minimum Gasteiger partial charge on any atom is -0.395 e. The molecule has 4 N–H and O–H groups in total. The van der Waals surface area contributed by atoms with Gasteiger partial charge in [-0.3, -0.25) is 5.41 Å². The maximum Gasteiger partial charge on any atom is 0.125 e. The van der Waals surface area contributed by atoms with Gasteiger partial charge in [0, 0.05) is 24.8 Å². The number of nitrogens with zero attached hydrogens (tertiary/aromatic N) is 1. The van der Waals surface area contributed by atoms with Crippen molar-refractivity contribution in [2.45, 2.75) is 0 Å². The van der Waals surface area contributed by atoms with E-state index in [0.717, 1.165) is 0 Å². The number of anilines is 1. The molecule has 0 radical (unpaired) electrons. The maximum atomic E-state index is 12.9. The molecule has 0 aliphatic rings. The Morgan fingerprint density at radius 1 is 1.60 bits per heavy atom. The second-order valence-electron chi connectivity index (χ2n) is 3.22. The molecule has 82 valence electrons. The lowest BCUT2D eigenvalue weighted by Gasteiger charge is -2.20. The Balaban J connectivity index is 3.10. The summed E-state index contributed by atoms with van der Waals surface area (Å²) in [5.74, 6) is -0.615. The number of halogens is 1. The zero-order chi connectivity index (χ0) is 11.4. The zero-order valence-electron chi connectivity index (χ0n) is 8.50. The average Bonchev–Trinajstić information content (AvgIpc) is 2.17. The molecule has 0 saturated heterocycles. The summed E-state index contributed by atoms with van der Waals surface area (Å²) in [5.41, 5.74) is 6.32. The molecule has 1 rings (SSSR count). The van der Waals surface area contributed by atoms with E-state index in [-0.39, 0.29) is 12.4 Å². The minimum absolute atomic E-state index is 0.00871. The molecule has 0 spiro atoms. The third-order valence-electron chi connectivity index (χ3n) is 2.10. The summed E-state index contributed by atoms with van der Waals surface area (Å²) in [6, 6.07) is 4.06.